The zero-order chi connectivity index (χ0) is 12.0. The molecule has 0 spiro atoms. The van der Waals surface area contributed by atoms with E-state index in [1.54, 1.807) is 0 Å². The van der Waals surface area contributed by atoms with Crippen LogP contribution in [0.2, 0.25) is 0 Å². The van der Waals surface area contributed by atoms with Crippen LogP contribution < -0.4 is 5.73 Å². The summed E-state index contributed by atoms with van der Waals surface area (Å²) in [6.45, 7) is 4.82. The molecule has 0 radical (unpaired) electrons. The molecular weight excluding hydrogens is 222 g/mol. The first kappa shape index (κ1) is 13.1. The number of hydrogen-bond acceptors (Lipinski definition) is 4. The van der Waals surface area contributed by atoms with Crippen molar-refractivity contribution in [3.8, 4) is 0 Å². The van der Waals surface area contributed by atoms with Gasteiger partial charge in [0.1, 0.15) is 0 Å². The summed E-state index contributed by atoms with van der Waals surface area (Å²) in [5.74, 6) is 0.183. The third-order valence-electron chi connectivity index (χ3n) is 2.20. The highest BCUT2D eigenvalue weighted by Gasteiger charge is 2.04. The molecule has 0 bridgehead atoms. The Kier molecular flexibility index (Phi) is 5.35. The van der Waals surface area contributed by atoms with Crippen molar-refractivity contribution >= 4 is 17.7 Å². The van der Waals surface area contributed by atoms with Gasteiger partial charge in [-0.15, -0.1) is 11.8 Å². The van der Waals surface area contributed by atoms with Crippen molar-refractivity contribution in [1.82, 2.24) is 0 Å². The molecule has 3 nitrogen and oxygen atoms in total. The quantitative estimate of drug-likeness (QED) is 0.631. The van der Waals surface area contributed by atoms with Gasteiger partial charge < -0.3 is 10.5 Å². The van der Waals surface area contributed by atoms with Crippen LogP contribution in [0.5, 0.6) is 0 Å². The Balaban J connectivity index is 2.55. The van der Waals surface area contributed by atoms with Crippen LogP contribution >= 0.6 is 11.8 Å². The number of benzene rings is 1. The third kappa shape index (κ3) is 3.87. The minimum absolute atomic E-state index is 0.173. The zero-order valence-corrected chi connectivity index (χ0v) is 10.5. The van der Waals surface area contributed by atoms with Gasteiger partial charge in [-0.2, -0.15) is 0 Å². The van der Waals surface area contributed by atoms with E-state index in [2.05, 4.69) is 0 Å². The van der Waals surface area contributed by atoms with Crippen LogP contribution in [0.4, 0.5) is 0 Å². The molecule has 16 heavy (non-hydrogen) atoms. The van der Waals surface area contributed by atoms with Crippen molar-refractivity contribution < 1.29 is 9.53 Å². The first-order valence-electron chi connectivity index (χ1n) is 5.25. The number of hydrogen-bond donors (Lipinski definition) is 1. The summed E-state index contributed by atoms with van der Waals surface area (Å²) in [5, 5.41) is 0. The molecule has 0 saturated carbocycles. The minimum Gasteiger partial charge on any atom is -0.465 e. The average Bonchev–Trinajstić information content (AvgIpc) is 2.27. The van der Waals surface area contributed by atoms with Gasteiger partial charge >= 0.3 is 5.97 Å². The lowest BCUT2D eigenvalue weighted by Gasteiger charge is -2.06. The lowest BCUT2D eigenvalue weighted by atomic mass is 10.1. The lowest BCUT2D eigenvalue weighted by Crippen LogP contribution is -2.06. The highest BCUT2D eigenvalue weighted by molar-refractivity contribution is 8.00. The maximum absolute atomic E-state index is 11.2. The van der Waals surface area contributed by atoms with Gasteiger partial charge in [0.05, 0.1) is 12.4 Å². The largest absolute Gasteiger partial charge is 0.465 e. The molecule has 88 valence electrons. The molecule has 0 atom stereocenters. The summed E-state index contributed by atoms with van der Waals surface area (Å²) < 4.78 is 4.86. The van der Waals surface area contributed by atoms with Gasteiger partial charge in [-0.1, -0.05) is 6.07 Å². The molecule has 4 heteroatoms. The predicted octanol–water partition coefficient (Wildman–Crippen LogP) is 2.11. The number of carbonyl (C=O) groups excluding carboxylic acids is 1. The Labute approximate surface area is 100 Å². The molecule has 0 aliphatic rings. The summed E-state index contributed by atoms with van der Waals surface area (Å²) >= 11 is 1.49. The minimum atomic E-state index is -0.173. The molecule has 0 saturated heterocycles. The van der Waals surface area contributed by atoms with Gasteiger partial charge in [-0.3, -0.25) is 4.79 Å². The van der Waals surface area contributed by atoms with E-state index in [1.165, 1.54) is 11.8 Å². The molecule has 0 aliphatic heterocycles. The molecule has 0 fully saturated rings. The standard InChI is InChI=1S/C12H17NO2S/c1-3-15-12(14)8-16-11-5-4-10(7-13)9(2)6-11/h4-6H,3,7-8,13H2,1-2H3. The summed E-state index contributed by atoms with van der Waals surface area (Å²) in [6, 6.07) is 6.04. The van der Waals surface area contributed by atoms with Crippen molar-refractivity contribution in [1.29, 1.82) is 0 Å². The van der Waals surface area contributed by atoms with E-state index in [4.69, 9.17) is 10.5 Å². The normalized spacial score (nSPS) is 10.2. The molecule has 0 unspecified atom stereocenters. The van der Waals surface area contributed by atoms with Crippen LogP contribution in [0.1, 0.15) is 18.1 Å². The number of rotatable bonds is 5. The van der Waals surface area contributed by atoms with Gasteiger partial charge in [0.2, 0.25) is 0 Å². The fourth-order valence-corrected chi connectivity index (χ4v) is 2.12. The number of thioether (sulfide) groups is 1. The van der Waals surface area contributed by atoms with E-state index < -0.39 is 0 Å². The predicted molar refractivity (Wildman–Crippen MR) is 66.4 cm³/mol. The molecule has 0 heterocycles. The van der Waals surface area contributed by atoms with Crippen molar-refractivity contribution in [3.05, 3.63) is 29.3 Å². The SMILES string of the molecule is CCOC(=O)CSc1ccc(CN)c(C)c1. The Morgan fingerprint density at radius 1 is 1.50 bits per heavy atom. The second-order valence-electron chi connectivity index (χ2n) is 3.39. The number of ether oxygens (including phenoxy) is 1. The van der Waals surface area contributed by atoms with E-state index in [0.717, 1.165) is 16.0 Å². The first-order valence-corrected chi connectivity index (χ1v) is 6.24. The van der Waals surface area contributed by atoms with Gasteiger partial charge in [-0.05, 0) is 37.1 Å². The van der Waals surface area contributed by atoms with Crippen molar-refractivity contribution in [2.45, 2.75) is 25.3 Å². The lowest BCUT2D eigenvalue weighted by molar-refractivity contribution is -0.139. The van der Waals surface area contributed by atoms with Gasteiger partial charge in [0.15, 0.2) is 0 Å². The van der Waals surface area contributed by atoms with Gasteiger partial charge in [0, 0.05) is 11.4 Å². The van der Waals surface area contributed by atoms with E-state index in [1.807, 2.05) is 32.0 Å². The van der Waals surface area contributed by atoms with Crippen LogP contribution in [0.25, 0.3) is 0 Å². The van der Waals surface area contributed by atoms with Crippen LogP contribution in [-0.4, -0.2) is 18.3 Å². The van der Waals surface area contributed by atoms with Crippen molar-refractivity contribution in [2.75, 3.05) is 12.4 Å². The molecule has 1 aromatic rings. The second kappa shape index (κ2) is 6.55. The average molecular weight is 239 g/mol. The number of carbonyl (C=O) groups is 1. The third-order valence-corrected chi connectivity index (χ3v) is 3.16. The Hall–Kier alpha value is -1.00. The van der Waals surface area contributed by atoms with E-state index in [-0.39, 0.29) is 5.97 Å². The zero-order valence-electron chi connectivity index (χ0n) is 9.66. The van der Waals surface area contributed by atoms with Gasteiger partial charge in [-0.25, -0.2) is 0 Å². The summed E-state index contributed by atoms with van der Waals surface area (Å²) in [6.07, 6.45) is 0. The van der Waals surface area contributed by atoms with Crippen LogP contribution in [0.3, 0.4) is 0 Å². The topological polar surface area (TPSA) is 52.3 Å². The smallest absolute Gasteiger partial charge is 0.316 e. The fourth-order valence-electron chi connectivity index (χ4n) is 1.33. The number of aryl methyl sites for hydroxylation is 1. The monoisotopic (exact) mass is 239 g/mol. The highest BCUT2D eigenvalue weighted by Crippen LogP contribution is 2.21. The summed E-state index contributed by atoms with van der Waals surface area (Å²) in [5.41, 5.74) is 7.88. The first-order chi connectivity index (χ1) is 7.67. The van der Waals surface area contributed by atoms with Crippen LogP contribution in [0, 0.1) is 6.92 Å². The fraction of sp³-hybridized carbons (Fsp3) is 0.417. The number of nitrogens with two attached hydrogens (primary N) is 1. The Morgan fingerprint density at radius 3 is 2.81 bits per heavy atom. The molecule has 1 rings (SSSR count). The van der Waals surface area contributed by atoms with E-state index >= 15 is 0 Å². The maximum atomic E-state index is 11.2. The molecule has 0 aliphatic carbocycles. The molecule has 2 N–H and O–H groups in total. The summed E-state index contributed by atoms with van der Waals surface area (Å²) in [4.78, 5) is 12.2. The second-order valence-corrected chi connectivity index (χ2v) is 4.43. The van der Waals surface area contributed by atoms with Crippen LogP contribution in [-0.2, 0) is 16.1 Å². The molecule has 0 aromatic heterocycles. The van der Waals surface area contributed by atoms with Crippen molar-refractivity contribution in [3.63, 3.8) is 0 Å². The van der Waals surface area contributed by atoms with E-state index in [9.17, 15) is 4.79 Å². The number of esters is 1. The van der Waals surface area contributed by atoms with E-state index in [0.29, 0.717) is 18.9 Å². The van der Waals surface area contributed by atoms with Gasteiger partial charge in [0.25, 0.3) is 0 Å². The summed E-state index contributed by atoms with van der Waals surface area (Å²) in [7, 11) is 0. The molecule has 0 amide bonds. The maximum Gasteiger partial charge on any atom is 0.316 e. The molecular formula is C12H17NO2S. The molecule has 1 aromatic carbocycles. The highest BCUT2D eigenvalue weighted by atomic mass is 32.2. The van der Waals surface area contributed by atoms with Crippen LogP contribution in [0.15, 0.2) is 23.1 Å². The Morgan fingerprint density at radius 2 is 2.25 bits per heavy atom. The Bertz CT molecular complexity index is 366. The van der Waals surface area contributed by atoms with Crippen molar-refractivity contribution in [2.24, 2.45) is 5.73 Å².